The van der Waals surface area contributed by atoms with Gasteiger partial charge in [-0.2, -0.15) is 4.89 Å². The Morgan fingerprint density at radius 1 is 1.08 bits per heavy atom. The number of aliphatic hydroxyl groups is 1. The molecule has 0 unspecified atom stereocenters. The normalized spacial score (nSPS) is 29.2. The molecule has 5 nitrogen and oxygen atoms in total. The molecular weight excluding hydrogens is 320 g/mol. The minimum Gasteiger partial charge on any atom is -0.466 e. The van der Waals surface area contributed by atoms with E-state index < -0.39 is 29.7 Å². The van der Waals surface area contributed by atoms with Gasteiger partial charge in [-0.3, -0.25) is 4.79 Å². The maximum Gasteiger partial charge on any atom is 0.315 e. The summed E-state index contributed by atoms with van der Waals surface area (Å²) in [6.45, 7) is 3.38. The van der Waals surface area contributed by atoms with Crippen LogP contribution in [0.15, 0.2) is 60.7 Å². The van der Waals surface area contributed by atoms with Gasteiger partial charge in [0.15, 0.2) is 0 Å². The molecule has 0 aliphatic carbocycles. The second-order valence-corrected chi connectivity index (χ2v) is 6.23. The lowest BCUT2D eigenvalue weighted by molar-refractivity contribution is -0.474. The summed E-state index contributed by atoms with van der Waals surface area (Å²) in [5, 5.41) is 10.7. The second-order valence-electron chi connectivity index (χ2n) is 6.23. The lowest BCUT2D eigenvalue weighted by Crippen LogP contribution is -2.51. The van der Waals surface area contributed by atoms with Crippen molar-refractivity contribution in [1.82, 2.24) is 0 Å². The van der Waals surface area contributed by atoms with E-state index in [9.17, 15) is 9.90 Å². The minimum absolute atomic E-state index is 0.226. The monoisotopic (exact) mass is 342 g/mol. The molecule has 0 radical (unpaired) electrons. The molecule has 25 heavy (non-hydrogen) atoms. The van der Waals surface area contributed by atoms with Crippen LogP contribution in [-0.4, -0.2) is 23.5 Å². The molecule has 1 saturated heterocycles. The number of rotatable bonds is 4. The molecule has 0 amide bonds. The number of hydrogen-bond donors (Lipinski definition) is 1. The first-order valence-corrected chi connectivity index (χ1v) is 8.38. The molecule has 0 saturated carbocycles. The summed E-state index contributed by atoms with van der Waals surface area (Å²) in [6, 6.07) is 19.0. The SMILES string of the molecule is CCOC(=O)[C@H]1[C@H](c2ccccc2)[C@@H](c2ccccc2)OO[C@@]1(C)O. The Balaban J connectivity index is 2.09. The molecule has 4 atom stereocenters. The van der Waals surface area contributed by atoms with Crippen molar-refractivity contribution in [3.8, 4) is 0 Å². The molecule has 2 aromatic rings. The molecule has 1 fully saturated rings. The Bertz CT molecular complexity index is 699. The first kappa shape index (κ1) is 17.6. The second kappa shape index (κ2) is 7.35. The van der Waals surface area contributed by atoms with Gasteiger partial charge in [0.1, 0.15) is 12.0 Å². The molecule has 132 valence electrons. The minimum atomic E-state index is -1.79. The van der Waals surface area contributed by atoms with Gasteiger partial charge in [-0.15, -0.1) is 0 Å². The van der Waals surface area contributed by atoms with Crippen LogP contribution in [0.1, 0.15) is 37.0 Å². The Hall–Kier alpha value is -2.21. The highest BCUT2D eigenvalue weighted by Gasteiger charge is 2.54. The van der Waals surface area contributed by atoms with E-state index in [1.165, 1.54) is 6.92 Å². The summed E-state index contributed by atoms with van der Waals surface area (Å²) in [4.78, 5) is 23.4. The summed E-state index contributed by atoms with van der Waals surface area (Å²) in [5.74, 6) is -3.68. The number of benzene rings is 2. The first-order valence-electron chi connectivity index (χ1n) is 8.38. The van der Waals surface area contributed by atoms with E-state index in [1.807, 2.05) is 60.7 Å². The zero-order valence-electron chi connectivity index (χ0n) is 14.3. The highest BCUT2D eigenvalue weighted by Crippen LogP contribution is 2.49. The zero-order chi connectivity index (χ0) is 17.9. The van der Waals surface area contributed by atoms with Crippen LogP contribution < -0.4 is 0 Å². The third-order valence-corrected chi connectivity index (χ3v) is 4.44. The smallest absolute Gasteiger partial charge is 0.315 e. The van der Waals surface area contributed by atoms with E-state index in [1.54, 1.807) is 6.92 Å². The Kier molecular flexibility index (Phi) is 5.18. The summed E-state index contributed by atoms with van der Waals surface area (Å²) < 4.78 is 5.22. The van der Waals surface area contributed by atoms with Gasteiger partial charge in [0.05, 0.1) is 6.61 Å². The van der Waals surface area contributed by atoms with Crippen molar-refractivity contribution in [2.45, 2.75) is 31.7 Å². The number of hydrogen-bond acceptors (Lipinski definition) is 5. The van der Waals surface area contributed by atoms with Crippen LogP contribution in [0.25, 0.3) is 0 Å². The van der Waals surface area contributed by atoms with Gasteiger partial charge in [0.25, 0.3) is 0 Å². The highest BCUT2D eigenvalue weighted by molar-refractivity contribution is 5.75. The average Bonchev–Trinajstić information content (AvgIpc) is 2.62. The van der Waals surface area contributed by atoms with E-state index in [0.717, 1.165) is 11.1 Å². The number of carbonyl (C=O) groups is 1. The Morgan fingerprint density at radius 2 is 1.64 bits per heavy atom. The van der Waals surface area contributed by atoms with Crippen molar-refractivity contribution in [1.29, 1.82) is 0 Å². The van der Waals surface area contributed by atoms with Crippen LogP contribution in [0.4, 0.5) is 0 Å². The van der Waals surface area contributed by atoms with Gasteiger partial charge in [0.2, 0.25) is 5.79 Å². The summed E-state index contributed by atoms with van der Waals surface area (Å²) >= 11 is 0. The molecule has 3 rings (SSSR count). The average molecular weight is 342 g/mol. The van der Waals surface area contributed by atoms with E-state index in [0.29, 0.717) is 0 Å². The molecule has 0 spiro atoms. The Morgan fingerprint density at radius 3 is 2.20 bits per heavy atom. The van der Waals surface area contributed by atoms with Crippen LogP contribution in [0.2, 0.25) is 0 Å². The summed E-state index contributed by atoms with van der Waals surface area (Å²) in [6.07, 6.45) is -0.543. The highest BCUT2D eigenvalue weighted by atomic mass is 17.2. The van der Waals surface area contributed by atoms with Crippen molar-refractivity contribution in [2.24, 2.45) is 5.92 Å². The standard InChI is InChI=1S/C20H22O5/c1-3-23-19(21)17-16(14-10-6-4-7-11-14)18(24-25-20(17,2)22)15-12-8-5-9-13-15/h4-13,16-18,22H,3H2,1-2H3/t16-,17+,18+,20+/m0/s1. The van der Waals surface area contributed by atoms with Crippen molar-refractivity contribution in [3.05, 3.63) is 71.8 Å². The lowest BCUT2D eigenvalue weighted by Gasteiger charge is -2.43. The zero-order valence-corrected chi connectivity index (χ0v) is 14.3. The third-order valence-electron chi connectivity index (χ3n) is 4.44. The quantitative estimate of drug-likeness (QED) is 0.682. The van der Waals surface area contributed by atoms with Crippen LogP contribution in [0, 0.1) is 5.92 Å². The van der Waals surface area contributed by atoms with Crippen LogP contribution in [0.5, 0.6) is 0 Å². The number of esters is 1. The van der Waals surface area contributed by atoms with Crippen LogP contribution in [-0.2, 0) is 19.3 Å². The topological polar surface area (TPSA) is 65.0 Å². The van der Waals surface area contributed by atoms with Gasteiger partial charge in [-0.1, -0.05) is 60.7 Å². The van der Waals surface area contributed by atoms with E-state index in [2.05, 4.69) is 0 Å². The summed E-state index contributed by atoms with van der Waals surface area (Å²) in [7, 11) is 0. The fourth-order valence-electron chi connectivity index (χ4n) is 3.31. The molecule has 1 heterocycles. The van der Waals surface area contributed by atoms with Gasteiger partial charge in [-0.25, -0.2) is 4.89 Å². The van der Waals surface area contributed by atoms with Crippen molar-refractivity contribution in [3.63, 3.8) is 0 Å². The first-order chi connectivity index (χ1) is 12.0. The van der Waals surface area contributed by atoms with Crippen molar-refractivity contribution in [2.75, 3.05) is 6.61 Å². The van der Waals surface area contributed by atoms with E-state index >= 15 is 0 Å². The molecule has 1 aliphatic heterocycles. The molecule has 1 aliphatic rings. The van der Waals surface area contributed by atoms with E-state index in [-0.39, 0.29) is 6.61 Å². The van der Waals surface area contributed by atoms with Crippen molar-refractivity contribution >= 4 is 5.97 Å². The molecule has 2 aromatic carbocycles. The Labute approximate surface area is 147 Å². The van der Waals surface area contributed by atoms with Crippen LogP contribution in [0.3, 0.4) is 0 Å². The van der Waals surface area contributed by atoms with Crippen molar-refractivity contribution < 1.29 is 24.4 Å². The maximum absolute atomic E-state index is 12.7. The summed E-state index contributed by atoms with van der Waals surface area (Å²) in [5.41, 5.74) is 1.74. The predicted octanol–water partition coefficient (Wildman–Crippen LogP) is 3.36. The predicted molar refractivity (Wildman–Crippen MR) is 91.3 cm³/mol. The fraction of sp³-hybridized carbons (Fsp3) is 0.350. The maximum atomic E-state index is 12.7. The van der Waals surface area contributed by atoms with Gasteiger partial charge >= 0.3 is 5.97 Å². The third kappa shape index (κ3) is 3.58. The molecule has 0 aromatic heterocycles. The van der Waals surface area contributed by atoms with Gasteiger partial charge in [-0.05, 0) is 25.0 Å². The largest absolute Gasteiger partial charge is 0.466 e. The van der Waals surface area contributed by atoms with E-state index in [4.69, 9.17) is 14.5 Å². The molecule has 0 bridgehead atoms. The van der Waals surface area contributed by atoms with Crippen LogP contribution >= 0.6 is 0 Å². The van der Waals surface area contributed by atoms with Gasteiger partial charge in [0, 0.05) is 5.92 Å². The molecular formula is C20H22O5. The number of ether oxygens (including phenoxy) is 1. The molecule has 1 N–H and O–H groups in total. The van der Waals surface area contributed by atoms with Gasteiger partial charge < -0.3 is 9.84 Å². The fourth-order valence-corrected chi connectivity index (χ4v) is 3.31. The molecule has 5 heteroatoms. The lowest BCUT2D eigenvalue weighted by atomic mass is 9.75. The number of carbonyl (C=O) groups excluding carboxylic acids is 1.